The zero-order valence-corrected chi connectivity index (χ0v) is 16.8. The summed E-state index contributed by atoms with van der Waals surface area (Å²) in [5.41, 5.74) is 0.462. The first-order chi connectivity index (χ1) is 12.2. The maximum atomic E-state index is 12.5. The second-order valence-electron chi connectivity index (χ2n) is 5.92. The molecule has 1 atom stereocenters. The Morgan fingerprint density at radius 2 is 1.77 bits per heavy atom. The average molecular weight is 415 g/mol. The normalized spacial score (nSPS) is 12.5. The fourth-order valence-electron chi connectivity index (χ4n) is 2.40. The summed E-state index contributed by atoms with van der Waals surface area (Å²) in [6, 6.07) is 10.2. The molecule has 2 rings (SSSR count). The lowest BCUT2D eigenvalue weighted by molar-refractivity contribution is 0.0938. The summed E-state index contributed by atoms with van der Waals surface area (Å²) in [7, 11) is -3.80. The molecule has 0 aliphatic carbocycles. The molecule has 1 unspecified atom stereocenters. The fraction of sp³-hybridized carbons (Fsp3) is 0.278. The number of rotatable bonds is 7. The van der Waals surface area contributed by atoms with Crippen molar-refractivity contribution in [1.82, 2.24) is 5.32 Å². The molecule has 0 aliphatic heterocycles. The summed E-state index contributed by atoms with van der Waals surface area (Å²) in [5, 5.41) is 3.54. The SMILES string of the molecule is CCCC(C)NC(=O)c1cc(NS(=O)(=O)c2ccc(Cl)cc2)ccc1Cl. The number of nitrogens with one attached hydrogen (secondary N) is 2. The summed E-state index contributed by atoms with van der Waals surface area (Å²) < 4.78 is 27.4. The maximum absolute atomic E-state index is 12.5. The van der Waals surface area contributed by atoms with Gasteiger partial charge in [-0.3, -0.25) is 9.52 Å². The molecule has 0 bridgehead atoms. The van der Waals surface area contributed by atoms with Crippen molar-refractivity contribution in [2.24, 2.45) is 0 Å². The Morgan fingerprint density at radius 1 is 1.12 bits per heavy atom. The summed E-state index contributed by atoms with van der Waals surface area (Å²) in [6.45, 7) is 3.93. The van der Waals surface area contributed by atoms with E-state index in [0.717, 1.165) is 12.8 Å². The number of hydrogen-bond donors (Lipinski definition) is 2. The van der Waals surface area contributed by atoms with Crippen molar-refractivity contribution >= 4 is 44.8 Å². The highest BCUT2D eigenvalue weighted by atomic mass is 35.5. The Morgan fingerprint density at radius 3 is 2.38 bits per heavy atom. The van der Waals surface area contributed by atoms with E-state index in [4.69, 9.17) is 23.2 Å². The summed E-state index contributed by atoms with van der Waals surface area (Å²) in [6.07, 6.45) is 1.78. The zero-order chi connectivity index (χ0) is 19.3. The molecule has 2 N–H and O–H groups in total. The second-order valence-corrected chi connectivity index (χ2v) is 8.44. The smallest absolute Gasteiger partial charge is 0.261 e. The van der Waals surface area contributed by atoms with Crippen LogP contribution in [0.15, 0.2) is 47.4 Å². The minimum Gasteiger partial charge on any atom is -0.350 e. The lowest BCUT2D eigenvalue weighted by Crippen LogP contribution is -2.32. The molecule has 0 aromatic heterocycles. The van der Waals surface area contributed by atoms with Crippen LogP contribution in [0, 0.1) is 0 Å². The van der Waals surface area contributed by atoms with E-state index in [0.29, 0.717) is 5.02 Å². The monoisotopic (exact) mass is 414 g/mol. The Kier molecular flexibility index (Phi) is 6.92. The van der Waals surface area contributed by atoms with E-state index in [1.807, 2.05) is 13.8 Å². The number of carbonyl (C=O) groups is 1. The fourth-order valence-corrected chi connectivity index (χ4v) is 3.78. The van der Waals surface area contributed by atoms with Crippen molar-refractivity contribution in [1.29, 1.82) is 0 Å². The predicted molar refractivity (Wildman–Crippen MR) is 106 cm³/mol. The van der Waals surface area contributed by atoms with Crippen LogP contribution in [0.4, 0.5) is 5.69 Å². The van der Waals surface area contributed by atoms with E-state index >= 15 is 0 Å². The van der Waals surface area contributed by atoms with E-state index in [1.54, 1.807) is 0 Å². The molecule has 1 amide bonds. The van der Waals surface area contributed by atoms with Gasteiger partial charge in [-0.25, -0.2) is 8.42 Å². The van der Waals surface area contributed by atoms with Crippen molar-refractivity contribution in [3.05, 3.63) is 58.1 Å². The van der Waals surface area contributed by atoms with Gasteiger partial charge >= 0.3 is 0 Å². The third-order valence-corrected chi connectivity index (χ3v) is 5.67. The Labute approximate surface area is 163 Å². The van der Waals surface area contributed by atoms with Gasteiger partial charge in [0.25, 0.3) is 15.9 Å². The van der Waals surface area contributed by atoms with Crippen molar-refractivity contribution in [3.8, 4) is 0 Å². The largest absolute Gasteiger partial charge is 0.350 e. The number of amides is 1. The molecule has 0 radical (unpaired) electrons. The molecule has 0 heterocycles. The molecule has 0 aliphatic rings. The molecule has 0 spiro atoms. The van der Waals surface area contributed by atoms with Gasteiger partial charge in [-0.1, -0.05) is 36.5 Å². The Hall–Kier alpha value is -1.76. The minimum absolute atomic E-state index is 0.00187. The summed E-state index contributed by atoms with van der Waals surface area (Å²) >= 11 is 11.9. The van der Waals surface area contributed by atoms with Gasteiger partial charge in [-0.05, 0) is 55.8 Å². The van der Waals surface area contributed by atoms with Crippen molar-refractivity contribution in [2.75, 3.05) is 4.72 Å². The second kappa shape index (κ2) is 8.75. The number of benzene rings is 2. The van der Waals surface area contributed by atoms with E-state index < -0.39 is 10.0 Å². The quantitative estimate of drug-likeness (QED) is 0.688. The van der Waals surface area contributed by atoms with Crippen LogP contribution in [0.1, 0.15) is 37.0 Å². The summed E-state index contributed by atoms with van der Waals surface area (Å²) in [4.78, 5) is 12.5. The van der Waals surface area contributed by atoms with Gasteiger partial charge in [0.2, 0.25) is 0 Å². The number of hydrogen-bond acceptors (Lipinski definition) is 3. The molecule has 8 heteroatoms. The molecule has 0 saturated carbocycles. The van der Waals surface area contributed by atoms with Gasteiger partial charge in [-0.15, -0.1) is 0 Å². The van der Waals surface area contributed by atoms with Crippen LogP contribution in [0.25, 0.3) is 0 Å². The van der Waals surface area contributed by atoms with E-state index in [-0.39, 0.29) is 33.1 Å². The van der Waals surface area contributed by atoms with Crippen molar-refractivity contribution in [3.63, 3.8) is 0 Å². The molecule has 2 aromatic carbocycles. The number of carbonyl (C=O) groups excluding carboxylic acids is 1. The van der Waals surface area contributed by atoms with Crippen LogP contribution < -0.4 is 10.0 Å². The van der Waals surface area contributed by atoms with Gasteiger partial charge in [0.05, 0.1) is 15.5 Å². The molecular formula is C18H20Cl2N2O3S. The van der Waals surface area contributed by atoms with Crippen LogP contribution in [0.3, 0.4) is 0 Å². The van der Waals surface area contributed by atoms with Crippen LogP contribution in [0.5, 0.6) is 0 Å². The number of halogens is 2. The molecule has 0 fully saturated rings. The molecule has 26 heavy (non-hydrogen) atoms. The predicted octanol–water partition coefficient (Wildman–Crippen LogP) is 4.71. The standard InChI is InChI=1S/C18H20Cl2N2O3S/c1-3-4-12(2)21-18(23)16-11-14(7-10-17(16)20)22-26(24,25)15-8-5-13(19)6-9-15/h5-12,22H,3-4H2,1-2H3,(H,21,23). The van der Waals surface area contributed by atoms with Crippen LogP contribution in [0.2, 0.25) is 10.0 Å². The van der Waals surface area contributed by atoms with Crippen LogP contribution >= 0.6 is 23.2 Å². The van der Waals surface area contributed by atoms with Gasteiger partial charge in [0.15, 0.2) is 0 Å². The van der Waals surface area contributed by atoms with Gasteiger partial charge in [-0.2, -0.15) is 0 Å². The van der Waals surface area contributed by atoms with Gasteiger partial charge in [0, 0.05) is 16.8 Å². The van der Waals surface area contributed by atoms with Crippen molar-refractivity contribution < 1.29 is 13.2 Å². The Balaban J connectivity index is 2.23. The third kappa shape index (κ3) is 5.37. The number of anilines is 1. The first kappa shape index (κ1) is 20.6. The van der Waals surface area contributed by atoms with E-state index in [2.05, 4.69) is 10.0 Å². The average Bonchev–Trinajstić information content (AvgIpc) is 2.57. The minimum atomic E-state index is -3.80. The van der Waals surface area contributed by atoms with Crippen LogP contribution in [-0.2, 0) is 10.0 Å². The zero-order valence-electron chi connectivity index (χ0n) is 14.4. The first-order valence-corrected chi connectivity index (χ1v) is 10.4. The Bertz CT molecular complexity index is 884. The highest BCUT2D eigenvalue weighted by Crippen LogP contribution is 2.24. The lowest BCUT2D eigenvalue weighted by atomic mass is 10.1. The molecule has 0 saturated heterocycles. The molecular weight excluding hydrogens is 395 g/mol. The van der Waals surface area contributed by atoms with Crippen LogP contribution in [-0.4, -0.2) is 20.4 Å². The number of sulfonamides is 1. The highest BCUT2D eigenvalue weighted by Gasteiger charge is 2.17. The lowest BCUT2D eigenvalue weighted by Gasteiger charge is -2.15. The molecule has 140 valence electrons. The maximum Gasteiger partial charge on any atom is 0.261 e. The molecule has 2 aromatic rings. The summed E-state index contributed by atoms with van der Waals surface area (Å²) in [5.74, 6) is -0.344. The first-order valence-electron chi connectivity index (χ1n) is 8.11. The van der Waals surface area contributed by atoms with Gasteiger partial charge < -0.3 is 5.32 Å². The third-order valence-electron chi connectivity index (χ3n) is 3.69. The van der Waals surface area contributed by atoms with Gasteiger partial charge in [0.1, 0.15) is 0 Å². The topological polar surface area (TPSA) is 75.3 Å². The van der Waals surface area contributed by atoms with E-state index in [1.165, 1.54) is 42.5 Å². The highest BCUT2D eigenvalue weighted by molar-refractivity contribution is 7.92. The van der Waals surface area contributed by atoms with E-state index in [9.17, 15) is 13.2 Å². The molecule has 5 nitrogen and oxygen atoms in total. The van der Waals surface area contributed by atoms with Crippen molar-refractivity contribution in [2.45, 2.75) is 37.6 Å².